The van der Waals surface area contributed by atoms with E-state index in [0.717, 1.165) is 0 Å². The van der Waals surface area contributed by atoms with E-state index in [1.165, 1.54) is 24.3 Å². The molecule has 44 heavy (non-hydrogen) atoms. The van der Waals surface area contributed by atoms with E-state index in [4.69, 9.17) is 38.4 Å². The van der Waals surface area contributed by atoms with Gasteiger partial charge in [0.1, 0.15) is 17.0 Å². The maximum Gasteiger partial charge on any atom is 0.413 e. The molecule has 0 saturated carbocycles. The lowest BCUT2D eigenvalue weighted by atomic mass is 9.63. The molecule has 2 aliphatic rings. The van der Waals surface area contributed by atoms with Gasteiger partial charge in [0.15, 0.2) is 6.23 Å². The van der Waals surface area contributed by atoms with Crippen molar-refractivity contribution in [1.82, 2.24) is 5.32 Å². The maximum absolute atomic E-state index is 15.9. The highest BCUT2D eigenvalue weighted by molar-refractivity contribution is 6.31. The van der Waals surface area contributed by atoms with Crippen molar-refractivity contribution in [3.8, 4) is 5.75 Å². The van der Waals surface area contributed by atoms with E-state index in [1.54, 1.807) is 37.3 Å². The average molecular weight is 644 g/mol. The number of hydrogen-bond acceptors (Lipinski definition) is 6. The van der Waals surface area contributed by atoms with Gasteiger partial charge in [-0.2, -0.15) is 0 Å². The third-order valence-corrected chi connectivity index (χ3v) is 8.46. The Kier molecular flexibility index (Phi) is 8.54. The molecule has 2 heterocycles. The molecule has 5 N–H and O–H groups in total. The highest BCUT2D eigenvalue weighted by Crippen LogP contribution is 2.57. The Bertz CT molecular complexity index is 1650. The van der Waals surface area contributed by atoms with E-state index in [9.17, 15) is 14.4 Å². The number of fused-ring (bicyclic) bond motifs is 2. The molecule has 9 nitrogen and oxygen atoms in total. The lowest BCUT2D eigenvalue weighted by Crippen LogP contribution is -2.49. The van der Waals surface area contributed by atoms with E-state index in [-0.39, 0.29) is 45.5 Å². The summed E-state index contributed by atoms with van der Waals surface area (Å²) in [6.45, 7) is 8.08. The molecule has 1 spiro atoms. The Balaban J connectivity index is 1.61. The van der Waals surface area contributed by atoms with Crippen molar-refractivity contribution >= 4 is 52.5 Å². The Morgan fingerprint density at radius 3 is 2.55 bits per heavy atom. The summed E-state index contributed by atoms with van der Waals surface area (Å²) >= 11 is 12.5. The second-order valence-electron chi connectivity index (χ2n) is 12.1. The molecule has 1 fully saturated rings. The number of primary amides is 1. The van der Waals surface area contributed by atoms with E-state index in [1.807, 2.05) is 20.8 Å². The molecule has 232 valence electrons. The molecule has 5 rings (SSSR count). The molecule has 0 radical (unpaired) electrons. The van der Waals surface area contributed by atoms with Gasteiger partial charge >= 0.3 is 6.09 Å². The summed E-state index contributed by atoms with van der Waals surface area (Å²) in [4.78, 5) is 39.4. The van der Waals surface area contributed by atoms with Gasteiger partial charge in [0, 0.05) is 22.3 Å². The van der Waals surface area contributed by atoms with Crippen LogP contribution >= 0.6 is 23.2 Å². The topological polar surface area (TPSA) is 132 Å². The Labute approximate surface area is 264 Å². The van der Waals surface area contributed by atoms with E-state index in [0.29, 0.717) is 22.7 Å². The Hall–Kier alpha value is -3.86. The second-order valence-corrected chi connectivity index (χ2v) is 12.9. The first-order valence-electron chi connectivity index (χ1n) is 14.1. The van der Waals surface area contributed by atoms with Crippen LogP contribution in [-0.2, 0) is 14.9 Å². The average Bonchev–Trinajstić information content (AvgIpc) is 3.39. The van der Waals surface area contributed by atoms with Gasteiger partial charge in [-0.3, -0.25) is 20.2 Å². The summed E-state index contributed by atoms with van der Waals surface area (Å²) in [6, 6.07) is 13.3. The summed E-state index contributed by atoms with van der Waals surface area (Å²) in [7, 11) is 0. The molecular weight excluding hydrogens is 610 g/mol. The first kappa shape index (κ1) is 31.6. The summed E-state index contributed by atoms with van der Waals surface area (Å²) < 4.78 is 27.5. The number of amides is 3. The first-order valence-corrected chi connectivity index (χ1v) is 14.9. The fourth-order valence-corrected chi connectivity index (χ4v) is 6.63. The van der Waals surface area contributed by atoms with Crippen LogP contribution in [0.3, 0.4) is 0 Å². The minimum atomic E-state index is -1.40. The van der Waals surface area contributed by atoms with Crippen molar-refractivity contribution < 1.29 is 28.2 Å². The second kappa shape index (κ2) is 11.9. The lowest BCUT2D eigenvalue weighted by molar-refractivity contribution is -0.122. The van der Waals surface area contributed by atoms with Crippen molar-refractivity contribution in [3.05, 3.63) is 87.2 Å². The molecule has 4 atom stereocenters. The van der Waals surface area contributed by atoms with Gasteiger partial charge in [-0.05, 0) is 66.3 Å². The molecule has 0 bridgehead atoms. The molecule has 2 aliphatic heterocycles. The number of anilines is 2. The number of benzene rings is 3. The summed E-state index contributed by atoms with van der Waals surface area (Å²) in [5.74, 6) is -2.59. The zero-order chi connectivity index (χ0) is 32.0. The molecular formula is C32H33Cl2FN4O5. The molecule has 3 amide bonds. The minimum Gasteiger partial charge on any atom is -0.492 e. The van der Waals surface area contributed by atoms with Crippen LogP contribution in [0.5, 0.6) is 5.75 Å². The number of ether oxygens (including phenoxy) is 2. The number of halogens is 3. The molecule has 3 aromatic carbocycles. The van der Waals surface area contributed by atoms with E-state index >= 15 is 4.39 Å². The molecule has 0 aliphatic carbocycles. The van der Waals surface area contributed by atoms with Gasteiger partial charge in [-0.25, -0.2) is 9.18 Å². The number of hydrogen-bond donors (Lipinski definition) is 4. The fourth-order valence-electron chi connectivity index (χ4n) is 6.28. The van der Waals surface area contributed by atoms with Crippen molar-refractivity contribution in [2.75, 3.05) is 17.2 Å². The predicted octanol–water partition coefficient (Wildman–Crippen LogP) is 6.59. The lowest BCUT2D eigenvalue weighted by Gasteiger charge is -2.37. The number of rotatable bonds is 7. The van der Waals surface area contributed by atoms with Crippen molar-refractivity contribution in [2.24, 2.45) is 11.1 Å². The van der Waals surface area contributed by atoms with Crippen LogP contribution in [0.25, 0.3) is 0 Å². The van der Waals surface area contributed by atoms with Crippen LogP contribution in [0.2, 0.25) is 10.0 Å². The summed E-state index contributed by atoms with van der Waals surface area (Å²) in [5, 5.41) is 9.24. The van der Waals surface area contributed by atoms with Crippen molar-refractivity contribution in [1.29, 1.82) is 0 Å². The quantitative estimate of drug-likeness (QED) is 0.230. The van der Waals surface area contributed by atoms with Gasteiger partial charge in [0.2, 0.25) is 11.8 Å². The zero-order valence-corrected chi connectivity index (χ0v) is 26.1. The summed E-state index contributed by atoms with van der Waals surface area (Å²) in [6.07, 6.45) is -1.61. The maximum atomic E-state index is 15.9. The molecule has 1 saturated heterocycles. The van der Waals surface area contributed by atoms with Crippen LogP contribution in [0, 0.1) is 11.2 Å². The van der Waals surface area contributed by atoms with Crippen molar-refractivity contribution in [3.63, 3.8) is 0 Å². The SMILES string of the molecule is CCOc1cc(C(N)=O)ccc1NC(=O)O[C@H]1N[C@@H](CC(C)(C)C)[C@@]2(C(=O)Nc3cc(Cl)ccc32)[C@H]1c1cccc(Cl)c1F. The third kappa shape index (κ3) is 5.69. The van der Waals surface area contributed by atoms with Gasteiger partial charge in [-0.1, -0.05) is 62.2 Å². The largest absolute Gasteiger partial charge is 0.492 e. The highest BCUT2D eigenvalue weighted by atomic mass is 35.5. The van der Waals surface area contributed by atoms with Crippen LogP contribution in [0.4, 0.5) is 20.6 Å². The first-order chi connectivity index (χ1) is 20.8. The van der Waals surface area contributed by atoms with Gasteiger partial charge in [-0.15, -0.1) is 0 Å². The number of carbonyl (C=O) groups excluding carboxylic acids is 3. The molecule has 12 heteroatoms. The Morgan fingerprint density at radius 2 is 1.86 bits per heavy atom. The van der Waals surface area contributed by atoms with Crippen LogP contribution in [0.15, 0.2) is 54.6 Å². The number of carbonyl (C=O) groups is 3. The third-order valence-electron chi connectivity index (χ3n) is 7.93. The molecule has 3 aromatic rings. The van der Waals surface area contributed by atoms with Crippen LogP contribution in [0.1, 0.15) is 61.5 Å². The van der Waals surface area contributed by atoms with Crippen molar-refractivity contribution in [2.45, 2.75) is 57.7 Å². The number of nitrogens with two attached hydrogens (primary N) is 1. The Morgan fingerprint density at radius 1 is 1.11 bits per heavy atom. The zero-order valence-electron chi connectivity index (χ0n) is 24.6. The summed E-state index contributed by atoms with van der Waals surface area (Å²) in [5.41, 5.74) is 5.35. The molecule has 0 aromatic heterocycles. The van der Waals surface area contributed by atoms with Crippen LogP contribution in [-0.4, -0.2) is 36.8 Å². The van der Waals surface area contributed by atoms with Gasteiger partial charge in [0.25, 0.3) is 0 Å². The van der Waals surface area contributed by atoms with Crippen LogP contribution < -0.4 is 26.4 Å². The highest BCUT2D eigenvalue weighted by Gasteiger charge is 2.66. The fraction of sp³-hybridized carbons (Fsp3) is 0.344. The minimum absolute atomic E-state index is 0.109. The van der Waals surface area contributed by atoms with E-state index < -0.39 is 41.4 Å². The standard InChI is InChI=1S/C32H33Cl2FN4O5/c1-5-43-23-13-16(27(36)40)9-12-21(23)38-30(42)44-28-25(18-7-6-8-20(34)26(18)35)32(24(39-28)15-31(2,3)4)19-11-10-17(33)14-22(19)37-29(32)41/h6-14,24-25,28,39H,5,15H2,1-4H3,(H2,36,40)(H,37,41)(H,38,42)/t24-,25-,28+,32+/m0/s1. The predicted molar refractivity (Wildman–Crippen MR) is 167 cm³/mol. The number of nitrogens with one attached hydrogen (secondary N) is 3. The van der Waals surface area contributed by atoms with Gasteiger partial charge in [0.05, 0.1) is 23.2 Å². The smallest absolute Gasteiger partial charge is 0.413 e. The molecule has 0 unspecified atom stereocenters. The monoisotopic (exact) mass is 642 g/mol. The normalized spacial score (nSPS) is 22.4. The van der Waals surface area contributed by atoms with Gasteiger partial charge < -0.3 is 20.5 Å². The van der Waals surface area contributed by atoms with E-state index in [2.05, 4.69) is 16.0 Å².